The Hall–Kier alpha value is -2.94. The number of likely N-dealkylation sites (tertiary alicyclic amines) is 2. The first-order valence-corrected chi connectivity index (χ1v) is 17.2. The molecule has 2 amide bonds. The molecule has 0 aliphatic carbocycles. The molecule has 0 bridgehead atoms. The van der Waals surface area contributed by atoms with Crippen molar-refractivity contribution >= 4 is 11.8 Å². The van der Waals surface area contributed by atoms with Gasteiger partial charge in [-0.15, -0.1) is 0 Å². The lowest BCUT2D eigenvalue weighted by molar-refractivity contribution is -0.139. The molecule has 3 atom stereocenters. The Labute approximate surface area is 271 Å². The summed E-state index contributed by atoms with van der Waals surface area (Å²) in [4.78, 5) is 34.6. The average molecular weight is 621 g/mol. The van der Waals surface area contributed by atoms with Gasteiger partial charge < -0.3 is 25.0 Å². The normalized spacial score (nSPS) is 18.5. The third kappa shape index (κ3) is 11.1. The van der Waals surface area contributed by atoms with Crippen LogP contribution in [0.1, 0.15) is 76.8 Å². The molecule has 0 spiro atoms. The summed E-state index contributed by atoms with van der Waals surface area (Å²) in [5, 5.41) is 13.1. The number of carbonyl (C=O) groups is 2. The molecule has 8 nitrogen and oxygen atoms in total. The van der Waals surface area contributed by atoms with Gasteiger partial charge in [0.15, 0.2) is 0 Å². The fraction of sp³-hybridized carbons (Fsp3) is 0.622. The van der Waals surface area contributed by atoms with Crippen LogP contribution in [0.25, 0.3) is 0 Å². The number of aliphatic hydroxyl groups excluding tert-OH is 1. The van der Waals surface area contributed by atoms with Crippen LogP contribution in [-0.4, -0.2) is 95.6 Å². The second-order valence-electron chi connectivity index (χ2n) is 13.6. The maximum Gasteiger partial charge on any atom is 0.245 e. The zero-order valence-corrected chi connectivity index (χ0v) is 28.0. The van der Waals surface area contributed by atoms with Gasteiger partial charge in [0.2, 0.25) is 11.8 Å². The molecule has 2 aromatic carbocycles. The second-order valence-corrected chi connectivity index (χ2v) is 13.6. The summed E-state index contributed by atoms with van der Waals surface area (Å²) in [6, 6.07) is 17.5. The lowest BCUT2D eigenvalue weighted by Crippen LogP contribution is -2.57. The van der Waals surface area contributed by atoms with Crippen LogP contribution < -0.4 is 10.1 Å². The van der Waals surface area contributed by atoms with E-state index >= 15 is 0 Å². The highest BCUT2D eigenvalue weighted by Gasteiger charge is 2.34. The number of benzene rings is 2. The lowest BCUT2D eigenvalue weighted by atomic mass is 9.97. The van der Waals surface area contributed by atoms with Crippen molar-refractivity contribution in [1.29, 1.82) is 0 Å². The van der Waals surface area contributed by atoms with Crippen molar-refractivity contribution in [3.05, 3.63) is 65.7 Å². The van der Waals surface area contributed by atoms with Gasteiger partial charge in [-0.1, -0.05) is 62.7 Å². The van der Waals surface area contributed by atoms with Crippen molar-refractivity contribution in [2.45, 2.75) is 103 Å². The number of hydrogen-bond donors (Lipinski definition) is 2. The molecule has 2 N–H and O–H groups in total. The number of hydrogen-bond acceptors (Lipinski definition) is 6. The largest absolute Gasteiger partial charge is 0.489 e. The number of aliphatic hydroxyl groups is 1. The van der Waals surface area contributed by atoms with Gasteiger partial charge in [0.25, 0.3) is 0 Å². The molecule has 2 heterocycles. The van der Waals surface area contributed by atoms with Gasteiger partial charge in [0, 0.05) is 32.1 Å². The van der Waals surface area contributed by atoms with Gasteiger partial charge in [-0.05, 0) is 94.8 Å². The first kappa shape index (κ1) is 34.9. The summed E-state index contributed by atoms with van der Waals surface area (Å²) in [6.07, 6.45) is 7.08. The fourth-order valence-corrected chi connectivity index (χ4v) is 6.60. The molecule has 3 unspecified atom stereocenters. The van der Waals surface area contributed by atoms with E-state index in [2.05, 4.69) is 24.1 Å². The number of likely N-dealkylation sites (N-methyl/N-ethyl adjacent to an activating group) is 1. The third-order valence-corrected chi connectivity index (χ3v) is 9.34. The van der Waals surface area contributed by atoms with Gasteiger partial charge in [0.1, 0.15) is 18.4 Å². The van der Waals surface area contributed by atoms with Crippen molar-refractivity contribution < 1.29 is 19.4 Å². The van der Waals surface area contributed by atoms with E-state index in [4.69, 9.17) is 4.74 Å². The zero-order valence-electron chi connectivity index (χ0n) is 28.0. The number of carbonyl (C=O) groups excluding carboxylic acids is 2. The van der Waals surface area contributed by atoms with E-state index in [1.807, 2.05) is 71.4 Å². The average Bonchev–Trinajstić information content (AvgIpc) is 3.06. The van der Waals surface area contributed by atoms with Crippen LogP contribution in [0.2, 0.25) is 0 Å². The number of piperidine rings is 2. The van der Waals surface area contributed by atoms with Crippen molar-refractivity contribution in [3.8, 4) is 5.75 Å². The molecular formula is C37H56N4O4. The SMILES string of the molecule is CC(C)CC(C(=O)NC(Cc1ccc(OCc2ccccc2)cc1)C(=O)N1CCC(N2CCCCC2)CC1)N(C)CCC(C)O. The quantitative estimate of drug-likeness (QED) is 0.295. The Morgan fingerprint density at radius 1 is 0.933 bits per heavy atom. The Morgan fingerprint density at radius 3 is 2.22 bits per heavy atom. The molecular weight excluding hydrogens is 564 g/mol. The number of ether oxygens (including phenoxy) is 1. The predicted molar refractivity (Wildman–Crippen MR) is 180 cm³/mol. The monoisotopic (exact) mass is 620 g/mol. The molecule has 45 heavy (non-hydrogen) atoms. The van der Waals surface area contributed by atoms with E-state index in [0.717, 1.165) is 42.8 Å². The minimum Gasteiger partial charge on any atom is -0.489 e. The zero-order chi connectivity index (χ0) is 32.2. The van der Waals surface area contributed by atoms with Crippen LogP contribution in [-0.2, 0) is 22.6 Å². The standard InChI is InChI=1S/C37H56N4O4/c1-28(2)25-35(39(4)22-17-29(3)42)36(43)38-34(37(44)41-23-18-32(19-24-41)40-20-9-6-10-21-40)26-30-13-15-33(16-14-30)45-27-31-11-7-5-8-12-31/h5,7-8,11-16,28-29,32,34-35,42H,6,9-10,17-27H2,1-4H3,(H,38,43). The van der Waals surface area contributed by atoms with E-state index in [1.54, 1.807) is 6.92 Å². The highest BCUT2D eigenvalue weighted by atomic mass is 16.5. The summed E-state index contributed by atoms with van der Waals surface area (Å²) < 4.78 is 5.98. The maximum atomic E-state index is 14.1. The van der Waals surface area contributed by atoms with E-state index in [9.17, 15) is 14.7 Å². The minimum absolute atomic E-state index is 0.000205. The Bertz CT molecular complexity index is 1160. The van der Waals surface area contributed by atoms with Crippen LogP contribution in [0.15, 0.2) is 54.6 Å². The molecule has 2 aromatic rings. The smallest absolute Gasteiger partial charge is 0.245 e. The van der Waals surface area contributed by atoms with E-state index in [1.165, 1.54) is 32.4 Å². The van der Waals surface area contributed by atoms with Crippen molar-refractivity contribution in [2.75, 3.05) is 39.8 Å². The maximum absolute atomic E-state index is 14.1. The van der Waals surface area contributed by atoms with Gasteiger partial charge in [-0.25, -0.2) is 0 Å². The lowest BCUT2D eigenvalue weighted by Gasteiger charge is -2.41. The van der Waals surface area contributed by atoms with E-state index in [0.29, 0.717) is 44.4 Å². The second kappa shape index (κ2) is 17.7. The van der Waals surface area contributed by atoms with Crippen LogP contribution in [0.3, 0.4) is 0 Å². The van der Waals surface area contributed by atoms with Crippen LogP contribution in [0, 0.1) is 5.92 Å². The summed E-state index contributed by atoms with van der Waals surface area (Å²) in [5.41, 5.74) is 2.08. The fourth-order valence-electron chi connectivity index (χ4n) is 6.60. The summed E-state index contributed by atoms with van der Waals surface area (Å²) in [6.45, 7) is 10.9. The van der Waals surface area contributed by atoms with Crippen molar-refractivity contribution in [3.63, 3.8) is 0 Å². The first-order valence-electron chi connectivity index (χ1n) is 17.2. The van der Waals surface area contributed by atoms with E-state index in [-0.39, 0.29) is 17.9 Å². The summed E-state index contributed by atoms with van der Waals surface area (Å²) in [7, 11) is 1.94. The molecule has 0 saturated carbocycles. The molecule has 8 heteroatoms. The number of nitrogens with zero attached hydrogens (tertiary/aromatic N) is 3. The molecule has 2 saturated heterocycles. The number of nitrogens with one attached hydrogen (secondary N) is 1. The minimum atomic E-state index is -0.653. The van der Waals surface area contributed by atoms with Crippen LogP contribution in [0.5, 0.6) is 5.75 Å². The van der Waals surface area contributed by atoms with Crippen molar-refractivity contribution in [1.82, 2.24) is 20.0 Å². The Balaban J connectivity index is 1.45. The van der Waals surface area contributed by atoms with Gasteiger partial charge in [0.05, 0.1) is 12.1 Å². The predicted octanol–water partition coefficient (Wildman–Crippen LogP) is 4.89. The highest BCUT2D eigenvalue weighted by Crippen LogP contribution is 2.23. The van der Waals surface area contributed by atoms with Gasteiger partial charge in [-0.3, -0.25) is 14.5 Å². The molecule has 248 valence electrons. The highest BCUT2D eigenvalue weighted by molar-refractivity contribution is 5.90. The molecule has 2 aliphatic rings. The van der Waals surface area contributed by atoms with Crippen molar-refractivity contribution in [2.24, 2.45) is 5.92 Å². The third-order valence-electron chi connectivity index (χ3n) is 9.34. The Kier molecular flexibility index (Phi) is 13.7. The van der Waals surface area contributed by atoms with Crippen LogP contribution >= 0.6 is 0 Å². The van der Waals surface area contributed by atoms with Gasteiger partial charge >= 0.3 is 0 Å². The molecule has 4 rings (SSSR count). The van der Waals surface area contributed by atoms with E-state index < -0.39 is 12.1 Å². The summed E-state index contributed by atoms with van der Waals surface area (Å²) in [5.74, 6) is 0.952. The summed E-state index contributed by atoms with van der Waals surface area (Å²) >= 11 is 0. The molecule has 0 aromatic heterocycles. The van der Waals surface area contributed by atoms with Gasteiger partial charge in [-0.2, -0.15) is 0 Å². The number of amides is 2. The van der Waals surface area contributed by atoms with Crippen LogP contribution in [0.4, 0.5) is 0 Å². The molecule has 2 fully saturated rings. The number of rotatable bonds is 15. The molecule has 0 radical (unpaired) electrons. The first-order chi connectivity index (χ1) is 21.7. The Morgan fingerprint density at radius 2 is 1.60 bits per heavy atom. The molecule has 2 aliphatic heterocycles. The topological polar surface area (TPSA) is 85.4 Å².